The Morgan fingerprint density at radius 2 is 2.10 bits per heavy atom. The van der Waals surface area contributed by atoms with Gasteiger partial charge in [-0.2, -0.15) is 13.2 Å². The largest absolute Gasteiger partial charge is 0.496 e. The van der Waals surface area contributed by atoms with E-state index in [4.69, 9.17) is 5.11 Å². The average molecular weight is 287 g/mol. The van der Waals surface area contributed by atoms with Gasteiger partial charge in [-0.25, -0.2) is 9.48 Å². The monoisotopic (exact) mass is 287 g/mol. The van der Waals surface area contributed by atoms with Gasteiger partial charge in [-0.1, -0.05) is 5.21 Å². The van der Waals surface area contributed by atoms with Gasteiger partial charge in [0.25, 0.3) is 0 Å². The van der Waals surface area contributed by atoms with E-state index in [0.717, 1.165) is 30.1 Å². The van der Waals surface area contributed by atoms with E-state index in [0.29, 0.717) is 0 Å². The summed E-state index contributed by atoms with van der Waals surface area (Å²) in [4.78, 5) is 10.7. The van der Waals surface area contributed by atoms with Crippen LogP contribution in [0.2, 0.25) is 0 Å². The lowest BCUT2D eigenvalue weighted by Crippen LogP contribution is -2.09. The SMILES string of the molecule is COc1ccc(-n2cc(C(=O)O)nn2)cc1C(F)(F)F. The van der Waals surface area contributed by atoms with Crippen molar-refractivity contribution in [2.24, 2.45) is 0 Å². The molecule has 0 bridgehead atoms. The van der Waals surface area contributed by atoms with E-state index in [-0.39, 0.29) is 17.1 Å². The second-order valence-electron chi connectivity index (χ2n) is 3.74. The number of aromatic carboxylic acids is 1. The van der Waals surface area contributed by atoms with Crippen molar-refractivity contribution in [2.75, 3.05) is 7.11 Å². The lowest BCUT2D eigenvalue weighted by molar-refractivity contribution is -0.138. The molecule has 2 aromatic rings. The minimum absolute atomic E-state index is 0.0260. The molecule has 0 fully saturated rings. The molecule has 2 rings (SSSR count). The van der Waals surface area contributed by atoms with E-state index in [1.165, 1.54) is 6.07 Å². The highest BCUT2D eigenvalue weighted by molar-refractivity contribution is 5.84. The normalized spacial score (nSPS) is 11.4. The predicted octanol–water partition coefficient (Wildman–Crippen LogP) is 1.99. The van der Waals surface area contributed by atoms with Gasteiger partial charge in [-0.3, -0.25) is 0 Å². The van der Waals surface area contributed by atoms with Gasteiger partial charge >= 0.3 is 12.1 Å². The van der Waals surface area contributed by atoms with Crippen LogP contribution in [0.25, 0.3) is 5.69 Å². The van der Waals surface area contributed by atoms with Crippen LogP contribution in [0.3, 0.4) is 0 Å². The van der Waals surface area contributed by atoms with Crippen molar-refractivity contribution in [1.29, 1.82) is 0 Å². The van der Waals surface area contributed by atoms with Crippen LogP contribution in [0.4, 0.5) is 13.2 Å². The molecule has 1 N–H and O–H groups in total. The maximum Gasteiger partial charge on any atom is 0.420 e. The smallest absolute Gasteiger partial charge is 0.420 e. The molecule has 1 aromatic carbocycles. The molecular formula is C11H8F3N3O3. The van der Waals surface area contributed by atoms with Crippen LogP contribution in [0.1, 0.15) is 16.1 Å². The number of hydrogen-bond donors (Lipinski definition) is 1. The zero-order valence-corrected chi connectivity index (χ0v) is 10.0. The molecule has 1 aromatic heterocycles. The highest BCUT2D eigenvalue weighted by Crippen LogP contribution is 2.37. The van der Waals surface area contributed by atoms with Crippen molar-refractivity contribution in [3.63, 3.8) is 0 Å². The minimum Gasteiger partial charge on any atom is -0.496 e. The number of benzene rings is 1. The zero-order valence-electron chi connectivity index (χ0n) is 10.0. The van der Waals surface area contributed by atoms with Gasteiger partial charge in [-0.05, 0) is 18.2 Å². The molecule has 0 aliphatic rings. The number of rotatable bonds is 3. The Labute approximate surface area is 110 Å². The van der Waals surface area contributed by atoms with Gasteiger partial charge in [0.15, 0.2) is 5.69 Å². The number of carbonyl (C=O) groups is 1. The molecule has 0 atom stereocenters. The van der Waals surface area contributed by atoms with Crippen molar-refractivity contribution in [3.8, 4) is 11.4 Å². The molecule has 0 radical (unpaired) electrons. The van der Waals surface area contributed by atoms with Crippen molar-refractivity contribution < 1.29 is 27.8 Å². The number of hydrogen-bond acceptors (Lipinski definition) is 4. The minimum atomic E-state index is -4.60. The summed E-state index contributed by atoms with van der Waals surface area (Å²) in [5, 5.41) is 15.5. The van der Waals surface area contributed by atoms with Gasteiger partial charge < -0.3 is 9.84 Å². The Bertz CT molecular complexity index is 652. The molecule has 0 aliphatic carbocycles. The van der Waals surface area contributed by atoms with Crippen molar-refractivity contribution in [3.05, 3.63) is 35.7 Å². The summed E-state index contributed by atoms with van der Waals surface area (Å²) in [6.45, 7) is 0. The van der Waals surface area contributed by atoms with Gasteiger partial charge in [0.1, 0.15) is 5.75 Å². The predicted molar refractivity (Wildman–Crippen MR) is 59.9 cm³/mol. The first-order valence-corrected chi connectivity index (χ1v) is 5.24. The fourth-order valence-corrected chi connectivity index (χ4v) is 1.55. The molecule has 0 aliphatic heterocycles. The molecule has 0 unspecified atom stereocenters. The Morgan fingerprint density at radius 1 is 1.40 bits per heavy atom. The van der Waals surface area contributed by atoms with E-state index in [9.17, 15) is 18.0 Å². The molecule has 0 saturated carbocycles. The Balaban J connectivity index is 2.50. The Hall–Kier alpha value is -2.58. The van der Waals surface area contributed by atoms with Crippen molar-refractivity contribution in [1.82, 2.24) is 15.0 Å². The number of nitrogens with zero attached hydrogens (tertiary/aromatic N) is 3. The molecule has 6 nitrogen and oxygen atoms in total. The van der Waals surface area contributed by atoms with E-state index in [2.05, 4.69) is 15.0 Å². The maximum absolute atomic E-state index is 12.8. The first-order valence-electron chi connectivity index (χ1n) is 5.24. The molecule has 9 heteroatoms. The number of methoxy groups -OCH3 is 1. The van der Waals surface area contributed by atoms with Gasteiger partial charge in [0.05, 0.1) is 24.6 Å². The van der Waals surface area contributed by atoms with Gasteiger partial charge in [-0.15, -0.1) is 5.10 Å². The van der Waals surface area contributed by atoms with E-state index in [1.54, 1.807) is 0 Å². The summed E-state index contributed by atoms with van der Waals surface area (Å²) in [6.07, 6.45) is -3.58. The number of carboxylic acids is 1. The first kappa shape index (κ1) is 13.8. The second kappa shape index (κ2) is 4.83. The Kier molecular flexibility index (Phi) is 3.35. The maximum atomic E-state index is 12.8. The highest BCUT2D eigenvalue weighted by atomic mass is 19.4. The molecule has 0 saturated heterocycles. The summed E-state index contributed by atoms with van der Waals surface area (Å²) in [6, 6.07) is 3.24. The quantitative estimate of drug-likeness (QED) is 0.934. The average Bonchev–Trinajstić information content (AvgIpc) is 2.86. The van der Waals surface area contributed by atoms with Crippen LogP contribution in [0.15, 0.2) is 24.4 Å². The molecule has 20 heavy (non-hydrogen) atoms. The standard InChI is InChI=1S/C11H8F3N3O3/c1-20-9-3-2-6(4-7(9)11(12,13)14)17-5-8(10(18)19)15-16-17/h2-5H,1H3,(H,18,19). The lowest BCUT2D eigenvalue weighted by atomic mass is 10.1. The Morgan fingerprint density at radius 3 is 2.60 bits per heavy atom. The first-order chi connectivity index (χ1) is 9.32. The topological polar surface area (TPSA) is 77.2 Å². The third kappa shape index (κ3) is 2.56. The molecule has 1 heterocycles. The summed E-state index contributed by atoms with van der Waals surface area (Å²) in [5.41, 5.74) is -1.32. The summed E-state index contributed by atoms with van der Waals surface area (Å²) in [5.74, 6) is -1.65. The van der Waals surface area contributed by atoms with Crippen LogP contribution in [-0.2, 0) is 6.18 Å². The third-order valence-corrected chi connectivity index (χ3v) is 2.47. The molecule has 0 spiro atoms. The van der Waals surface area contributed by atoms with E-state index < -0.39 is 17.7 Å². The molecule has 0 amide bonds. The number of ether oxygens (including phenoxy) is 1. The van der Waals surface area contributed by atoms with Gasteiger partial charge in [0.2, 0.25) is 0 Å². The van der Waals surface area contributed by atoms with Crippen LogP contribution < -0.4 is 4.74 Å². The van der Waals surface area contributed by atoms with Crippen LogP contribution in [-0.4, -0.2) is 33.2 Å². The highest BCUT2D eigenvalue weighted by Gasteiger charge is 2.34. The molecule has 106 valence electrons. The van der Waals surface area contributed by atoms with Crippen molar-refractivity contribution >= 4 is 5.97 Å². The summed E-state index contributed by atoms with van der Waals surface area (Å²) < 4.78 is 44.1. The van der Waals surface area contributed by atoms with E-state index in [1.807, 2.05) is 0 Å². The van der Waals surface area contributed by atoms with Crippen LogP contribution in [0, 0.1) is 0 Å². The summed E-state index contributed by atoms with van der Waals surface area (Å²) >= 11 is 0. The fourth-order valence-electron chi connectivity index (χ4n) is 1.55. The number of halogens is 3. The van der Waals surface area contributed by atoms with E-state index >= 15 is 0 Å². The van der Waals surface area contributed by atoms with Gasteiger partial charge in [0, 0.05) is 0 Å². The van der Waals surface area contributed by atoms with Crippen molar-refractivity contribution in [2.45, 2.75) is 6.18 Å². The number of carboxylic acid groups (broad SMARTS) is 1. The summed E-state index contributed by atoms with van der Waals surface area (Å²) in [7, 11) is 1.13. The fraction of sp³-hybridized carbons (Fsp3) is 0.182. The number of aromatic nitrogens is 3. The lowest BCUT2D eigenvalue weighted by Gasteiger charge is -2.13. The number of alkyl halides is 3. The third-order valence-electron chi connectivity index (χ3n) is 2.47. The zero-order chi connectivity index (χ0) is 14.9. The van der Waals surface area contributed by atoms with Crippen LogP contribution in [0.5, 0.6) is 5.75 Å². The molecular weight excluding hydrogens is 279 g/mol. The second-order valence-corrected chi connectivity index (χ2v) is 3.74. The van der Waals surface area contributed by atoms with Crippen LogP contribution >= 0.6 is 0 Å².